The van der Waals surface area contributed by atoms with Crippen molar-refractivity contribution in [3.05, 3.63) is 89.9 Å². The third-order valence-electron chi connectivity index (χ3n) is 5.26. The fourth-order valence-corrected chi connectivity index (χ4v) is 3.76. The van der Waals surface area contributed by atoms with Crippen LogP contribution in [0.2, 0.25) is 0 Å². The van der Waals surface area contributed by atoms with Gasteiger partial charge in [0.15, 0.2) is 0 Å². The lowest BCUT2D eigenvalue weighted by Crippen LogP contribution is -2.19. The zero-order valence-corrected chi connectivity index (χ0v) is 18.3. The highest BCUT2D eigenvalue weighted by Crippen LogP contribution is 2.22. The number of hydrogen-bond acceptors (Lipinski definition) is 3. The second kappa shape index (κ2) is 9.23. The molecular formula is C25H25ClN4O. The maximum Gasteiger partial charge on any atom is 0.255 e. The molecule has 1 amide bonds. The molecule has 1 aliphatic rings. The topological polar surface area (TPSA) is 69.3 Å². The van der Waals surface area contributed by atoms with Gasteiger partial charge in [-0.1, -0.05) is 36.7 Å². The molecule has 4 rings (SSSR count). The van der Waals surface area contributed by atoms with Gasteiger partial charge in [-0.05, 0) is 73.4 Å². The van der Waals surface area contributed by atoms with E-state index in [1.807, 2.05) is 66.9 Å². The van der Waals surface area contributed by atoms with Crippen molar-refractivity contribution in [1.82, 2.24) is 10.3 Å². The molecule has 0 bridgehead atoms. The van der Waals surface area contributed by atoms with Gasteiger partial charge in [0.1, 0.15) is 11.0 Å². The normalized spacial score (nSPS) is 21.7. The van der Waals surface area contributed by atoms with E-state index in [1.165, 1.54) is 0 Å². The number of nitrogens with zero attached hydrogens (tertiary/aromatic N) is 1. The number of anilines is 1. The van der Waals surface area contributed by atoms with Crippen LogP contribution < -0.4 is 10.6 Å². The number of amides is 1. The molecule has 3 N–H and O–H groups in total. The van der Waals surface area contributed by atoms with E-state index in [1.54, 1.807) is 0 Å². The number of rotatable bonds is 5. The first-order chi connectivity index (χ1) is 15.0. The Balaban J connectivity index is 1.48. The van der Waals surface area contributed by atoms with Gasteiger partial charge in [-0.15, -0.1) is 0 Å². The third-order valence-corrected chi connectivity index (χ3v) is 5.47. The third kappa shape index (κ3) is 5.25. The van der Waals surface area contributed by atoms with Crippen LogP contribution in [0.1, 0.15) is 42.2 Å². The molecule has 1 aliphatic heterocycles. The first-order valence-electron chi connectivity index (χ1n) is 10.4. The predicted octanol–water partition coefficient (Wildman–Crippen LogP) is 6.15. The number of allylic oxidation sites excluding steroid dienone is 3. The molecule has 31 heavy (non-hydrogen) atoms. The predicted molar refractivity (Wildman–Crippen MR) is 129 cm³/mol. The summed E-state index contributed by atoms with van der Waals surface area (Å²) in [4.78, 5) is 20.3. The van der Waals surface area contributed by atoms with Crippen molar-refractivity contribution in [2.45, 2.75) is 26.3 Å². The number of aliphatic imine (C=N–C) groups is 1. The summed E-state index contributed by atoms with van der Waals surface area (Å²) in [6.45, 7) is 4.21. The van der Waals surface area contributed by atoms with Crippen LogP contribution in [-0.2, 0) is 0 Å². The van der Waals surface area contributed by atoms with Crippen molar-refractivity contribution in [2.24, 2.45) is 10.9 Å². The Morgan fingerprint density at radius 3 is 2.97 bits per heavy atom. The lowest BCUT2D eigenvalue weighted by Gasteiger charge is -2.19. The van der Waals surface area contributed by atoms with Crippen LogP contribution in [0.15, 0.2) is 83.8 Å². The summed E-state index contributed by atoms with van der Waals surface area (Å²) in [6, 6.07) is 15.4. The number of H-pyrrole nitrogens is 1. The van der Waals surface area contributed by atoms with E-state index in [0.717, 1.165) is 34.4 Å². The largest absolute Gasteiger partial charge is 0.364 e. The van der Waals surface area contributed by atoms with Gasteiger partial charge in [-0.3, -0.25) is 4.79 Å². The zero-order valence-electron chi connectivity index (χ0n) is 17.5. The smallest absolute Gasteiger partial charge is 0.255 e. The molecule has 0 saturated heterocycles. The molecule has 1 unspecified atom stereocenters. The molecule has 2 atom stereocenters. The minimum atomic E-state index is -0.138. The highest BCUT2D eigenvalue weighted by atomic mass is 35.5. The van der Waals surface area contributed by atoms with Gasteiger partial charge >= 0.3 is 0 Å². The lowest BCUT2D eigenvalue weighted by molar-refractivity contribution is 0.102. The van der Waals surface area contributed by atoms with Gasteiger partial charge in [0.05, 0.1) is 6.04 Å². The summed E-state index contributed by atoms with van der Waals surface area (Å²) in [6.07, 6.45) is 8.74. The highest BCUT2D eigenvalue weighted by Gasteiger charge is 2.12. The summed E-state index contributed by atoms with van der Waals surface area (Å²) in [5, 5.41) is 7.90. The molecule has 1 aromatic heterocycles. The second-order valence-corrected chi connectivity index (χ2v) is 8.21. The highest BCUT2D eigenvalue weighted by molar-refractivity contribution is 6.68. The molecule has 3 aromatic rings. The molecule has 0 fully saturated rings. The van der Waals surface area contributed by atoms with Crippen LogP contribution in [-0.4, -0.2) is 16.1 Å². The van der Waals surface area contributed by atoms with E-state index in [0.29, 0.717) is 16.7 Å². The zero-order chi connectivity index (χ0) is 21.8. The Bertz CT molecular complexity index is 1190. The van der Waals surface area contributed by atoms with Crippen molar-refractivity contribution < 1.29 is 4.79 Å². The molecule has 158 valence electrons. The Hall–Kier alpha value is -3.31. The molecule has 0 radical (unpaired) electrons. The number of aromatic amines is 1. The number of nitrogens with one attached hydrogen (secondary N) is 3. The lowest BCUT2D eigenvalue weighted by atomic mass is 10.1. The molecule has 0 spiro atoms. The summed E-state index contributed by atoms with van der Waals surface area (Å²) >= 11 is 6.17. The van der Waals surface area contributed by atoms with Crippen molar-refractivity contribution in [2.75, 3.05) is 5.32 Å². The van der Waals surface area contributed by atoms with Crippen molar-refractivity contribution in [3.63, 3.8) is 0 Å². The quantitative estimate of drug-likeness (QED) is 0.452. The van der Waals surface area contributed by atoms with Gasteiger partial charge in [0.2, 0.25) is 0 Å². The molecule has 5 nitrogen and oxygen atoms in total. The van der Waals surface area contributed by atoms with Crippen molar-refractivity contribution in [3.8, 4) is 0 Å². The maximum atomic E-state index is 12.7. The van der Waals surface area contributed by atoms with Gasteiger partial charge in [-0.25, -0.2) is 4.99 Å². The molecule has 0 aliphatic carbocycles. The Kier molecular flexibility index (Phi) is 6.23. The van der Waals surface area contributed by atoms with Crippen LogP contribution in [0, 0.1) is 5.92 Å². The van der Waals surface area contributed by atoms with Gasteiger partial charge in [-0.2, -0.15) is 0 Å². The van der Waals surface area contributed by atoms with Gasteiger partial charge in [0, 0.05) is 28.4 Å². The average molecular weight is 433 g/mol. The van der Waals surface area contributed by atoms with Crippen LogP contribution in [0.5, 0.6) is 0 Å². The SMILES string of the molecule is CC1\C=C(N[C@@H](C)c2cccc(NC(=O)c3ccc4[nH]ccc4c3)c2)/N=C(Cl)\C=C\C1. The van der Waals surface area contributed by atoms with Crippen LogP contribution in [0.4, 0.5) is 5.69 Å². The minimum Gasteiger partial charge on any atom is -0.364 e. The number of carbonyl (C=O) groups excluding carboxylic acids is 1. The van der Waals surface area contributed by atoms with Crippen molar-refractivity contribution >= 4 is 39.3 Å². The Morgan fingerprint density at radius 1 is 1.23 bits per heavy atom. The summed E-state index contributed by atoms with van der Waals surface area (Å²) in [7, 11) is 0. The number of fused-ring (bicyclic) bond motifs is 1. The Morgan fingerprint density at radius 2 is 2.10 bits per heavy atom. The molecule has 2 aromatic carbocycles. The minimum absolute atomic E-state index is 0.0110. The van der Waals surface area contributed by atoms with E-state index in [2.05, 4.69) is 40.5 Å². The Labute approximate surface area is 186 Å². The first kappa shape index (κ1) is 20.9. The second-order valence-electron chi connectivity index (χ2n) is 7.83. The van der Waals surface area contributed by atoms with E-state index in [9.17, 15) is 4.79 Å². The van der Waals surface area contributed by atoms with Gasteiger partial charge in [0.25, 0.3) is 5.91 Å². The van der Waals surface area contributed by atoms with E-state index in [4.69, 9.17) is 11.6 Å². The molecule has 2 heterocycles. The van der Waals surface area contributed by atoms with Crippen LogP contribution in [0.3, 0.4) is 0 Å². The monoisotopic (exact) mass is 432 g/mol. The average Bonchev–Trinajstić information content (AvgIpc) is 3.20. The van der Waals surface area contributed by atoms with Crippen LogP contribution >= 0.6 is 11.6 Å². The summed E-state index contributed by atoms with van der Waals surface area (Å²) in [5.41, 5.74) is 3.41. The van der Waals surface area contributed by atoms with Crippen molar-refractivity contribution in [1.29, 1.82) is 0 Å². The summed E-state index contributed by atoms with van der Waals surface area (Å²) in [5.74, 6) is 0.978. The fourth-order valence-electron chi connectivity index (χ4n) is 3.58. The van der Waals surface area contributed by atoms with Crippen LogP contribution in [0.25, 0.3) is 10.9 Å². The number of halogens is 1. The van der Waals surface area contributed by atoms with E-state index >= 15 is 0 Å². The van der Waals surface area contributed by atoms with E-state index < -0.39 is 0 Å². The first-order valence-corrected chi connectivity index (χ1v) is 10.7. The maximum absolute atomic E-state index is 12.7. The molecular weight excluding hydrogens is 408 g/mol. The number of aromatic nitrogens is 1. The molecule has 6 heteroatoms. The number of hydrogen-bond donors (Lipinski definition) is 3. The number of benzene rings is 2. The summed E-state index contributed by atoms with van der Waals surface area (Å²) < 4.78 is 0. The number of carbonyl (C=O) groups is 1. The molecule has 0 saturated carbocycles. The van der Waals surface area contributed by atoms with E-state index in [-0.39, 0.29) is 11.9 Å². The standard InChI is InChI=1S/C25H25ClN4O/c1-16-5-3-8-23(26)30-24(13-16)28-17(2)18-6-4-7-21(15-18)29-25(31)20-9-10-22-19(14-20)11-12-27-22/h3-4,6-17,27-28H,5H2,1-2H3,(H,29,31)/b8-3+,24-13-,30-23+/t16?,17-/m0/s1. The fraction of sp³-hybridized carbons (Fsp3) is 0.200. The van der Waals surface area contributed by atoms with Gasteiger partial charge < -0.3 is 15.6 Å².